The average Bonchev–Trinajstić information content (AvgIpc) is 2.32. The summed E-state index contributed by atoms with van der Waals surface area (Å²) in [5.74, 6) is -1.84. The van der Waals surface area contributed by atoms with E-state index >= 15 is 0 Å². The number of hydrogen-bond acceptors (Lipinski definition) is 7. The number of aliphatic hydroxyl groups is 4. The Labute approximate surface area is 91.6 Å². The van der Waals surface area contributed by atoms with Crippen LogP contribution in [-0.2, 0) is 14.3 Å². The number of ether oxygens (including phenoxy) is 1. The lowest BCUT2D eigenvalue weighted by atomic mass is 10.1. The summed E-state index contributed by atoms with van der Waals surface area (Å²) in [5.41, 5.74) is 0. The lowest BCUT2D eigenvalue weighted by Gasteiger charge is -2.20. The van der Waals surface area contributed by atoms with Gasteiger partial charge in [-0.15, -0.1) is 0 Å². The number of rotatable bonds is 7. The van der Waals surface area contributed by atoms with Crippen molar-refractivity contribution in [1.82, 2.24) is 0 Å². The van der Waals surface area contributed by atoms with E-state index in [2.05, 4.69) is 11.3 Å². The fourth-order valence-electron chi connectivity index (χ4n) is 0.795. The van der Waals surface area contributed by atoms with Gasteiger partial charge in [-0.3, -0.25) is 4.79 Å². The fourth-order valence-corrected chi connectivity index (χ4v) is 0.795. The highest BCUT2D eigenvalue weighted by molar-refractivity contribution is 5.88. The van der Waals surface area contributed by atoms with Crippen molar-refractivity contribution < 1.29 is 34.8 Å². The zero-order chi connectivity index (χ0) is 12.7. The van der Waals surface area contributed by atoms with E-state index in [1.54, 1.807) is 0 Å². The van der Waals surface area contributed by atoms with Gasteiger partial charge in [-0.05, 0) is 0 Å². The minimum atomic E-state index is -1.93. The zero-order valence-corrected chi connectivity index (χ0v) is 8.44. The largest absolute Gasteiger partial charge is 0.454 e. The highest BCUT2D eigenvalue weighted by Gasteiger charge is 2.30. The molecule has 4 N–H and O–H groups in total. The smallest absolute Gasteiger partial charge is 0.330 e. The topological polar surface area (TPSA) is 124 Å². The molecule has 7 heteroatoms. The molecule has 0 aromatic carbocycles. The van der Waals surface area contributed by atoms with Crippen molar-refractivity contribution in [1.29, 1.82) is 0 Å². The molecule has 0 heterocycles. The summed E-state index contributed by atoms with van der Waals surface area (Å²) in [6.45, 7) is 1.53. The molecular weight excluding hydrogens is 220 g/mol. The number of ketones is 1. The molecule has 0 saturated heterocycles. The van der Waals surface area contributed by atoms with Crippen LogP contribution in [0, 0.1) is 0 Å². The van der Waals surface area contributed by atoms with Gasteiger partial charge in [-0.1, -0.05) is 6.58 Å². The molecule has 0 rings (SSSR count). The van der Waals surface area contributed by atoms with Crippen molar-refractivity contribution in [2.45, 2.75) is 18.3 Å². The van der Waals surface area contributed by atoms with Crippen LogP contribution in [0.1, 0.15) is 0 Å². The third-order valence-corrected chi connectivity index (χ3v) is 1.76. The summed E-state index contributed by atoms with van der Waals surface area (Å²) >= 11 is 0. The predicted molar refractivity (Wildman–Crippen MR) is 51.3 cm³/mol. The van der Waals surface area contributed by atoms with E-state index in [9.17, 15) is 14.7 Å². The first kappa shape index (κ1) is 14.7. The Morgan fingerprint density at radius 3 is 2.31 bits per heavy atom. The maximum absolute atomic E-state index is 11.1. The highest BCUT2D eigenvalue weighted by atomic mass is 16.5. The van der Waals surface area contributed by atoms with Crippen LogP contribution in [0.5, 0.6) is 0 Å². The second-order valence-corrected chi connectivity index (χ2v) is 2.96. The maximum Gasteiger partial charge on any atom is 0.330 e. The van der Waals surface area contributed by atoms with Gasteiger partial charge in [0, 0.05) is 6.08 Å². The van der Waals surface area contributed by atoms with Crippen LogP contribution in [-0.4, -0.2) is 63.7 Å². The molecule has 3 atom stereocenters. The molecule has 0 aromatic heterocycles. The number of Topliss-reactive ketones (excluding diaryl/α,β-unsaturated/α-hetero) is 1. The zero-order valence-electron chi connectivity index (χ0n) is 8.44. The molecule has 7 nitrogen and oxygen atoms in total. The molecule has 0 aromatic rings. The first-order valence-corrected chi connectivity index (χ1v) is 4.41. The lowest BCUT2D eigenvalue weighted by molar-refractivity contribution is -0.152. The average molecular weight is 234 g/mol. The normalized spacial score (nSPS) is 16.0. The Kier molecular flexibility index (Phi) is 6.50. The van der Waals surface area contributed by atoms with Crippen LogP contribution in [0.4, 0.5) is 0 Å². The van der Waals surface area contributed by atoms with Gasteiger partial charge in [-0.25, -0.2) is 4.79 Å². The van der Waals surface area contributed by atoms with Gasteiger partial charge >= 0.3 is 5.97 Å². The van der Waals surface area contributed by atoms with Crippen LogP contribution < -0.4 is 0 Å². The molecule has 0 fully saturated rings. The monoisotopic (exact) mass is 234 g/mol. The molecule has 0 bridgehead atoms. The van der Waals surface area contributed by atoms with E-state index < -0.39 is 43.3 Å². The molecule has 0 saturated carbocycles. The molecule has 0 radical (unpaired) electrons. The van der Waals surface area contributed by atoms with Crippen molar-refractivity contribution >= 4 is 11.8 Å². The standard InChI is InChI=1S/C9H14O7/c1-2-7(13)16-4-6(12)9(15)8(14)5(11)3-10/h2,5,8-11,14-15H,1,3-4H2/t5-,8+,9+/m0/s1. The molecule has 0 aliphatic heterocycles. The van der Waals surface area contributed by atoms with Crippen LogP contribution >= 0.6 is 0 Å². The van der Waals surface area contributed by atoms with E-state index in [-0.39, 0.29) is 0 Å². The van der Waals surface area contributed by atoms with Gasteiger partial charge in [-0.2, -0.15) is 0 Å². The van der Waals surface area contributed by atoms with E-state index in [4.69, 9.17) is 15.3 Å². The van der Waals surface area contributed by atoms with Gasteiger partial charge in [0.15, 0.2) is 6.61 Å². The van der Waals surface area contributed by atoms with Gasteiger partial charge in [0.1, 0.15) is 18.3 Å². The number of esters is 1. The van der Waals surface area contributed by atoms with Crippen molar-refractivity contribution in [2.24, 2.45) is 0 Å². The number of hydrogen-bond donors (Lipinski definition) is 4. The maximum atomic E-state index is 11.1. The summed E-state index contributed by atoms with van der Waals surface area (Å²) in [7, 11) is 0. The van der Waals surface area contributed by atoms with Crippen LogP contribution in [0.15, 0.2) is 12.7 Å². The Morgan fingerprint density at radius 1 is 1.31 bits per heavy atom. The minimum Gasteiger partial charge on any atom is -0.454 e. The van der Waals surface area contributed by atoms with Gasteiger partial charge in [0.25, 0.3) is 0 Å². The second-order valence-electron chi connectivity index (χ2n) is 2.96. The summed E-state index contributed by atoms with van der Waals surface area (Å²) < 4.78 is 4.32. The Bertz CT molecular complexity index is 263. The quantitative estimate of drug-likeness (QED) is 0.280. The van der Waals surface area contributed by atoms with Crippen molar-refractivity contribution in [3.63, 3.8) is 0 Å². The molecule has 92 valence electrons. The summed E-state index contributed by atoms with van der Waals surface area (Å²) in [6, 6.07) is 0. The summed E-state index contributed by atoms with van der Waals surface area (Å²) in [6.07, 6.45) is -4.58. The third kappa shape index (κ3) is 4.49. The molecule has 16 heavy (non-hydrogen) atoms. The molecular formula is C9H14O7. The Morgan fingerprint density at radius 2 is 1.88 bits per heavy atom. The molecule has 0 aliphatic carbocycles. The first-order valence-electron chi connectivity index (χ1n) is 4.41. The van der Waals surface area contributed by atoms with Crippen LogP contribution in [0.2, 0.25) is 0 Å². The number of carbonyl (C=O) groups excluding carboxylic acids is 2. The predicted octanol–water partition coefficient (Wildman–Crippen LogP) is -2.64. The fraction of sp³-hybridized carbons (Fsp3) is 0.556. The van der Waals surface area contributed by atoms with Crippen molar-refractivity contribution in [3.05, 3.63) is 12.7 Å². The second kappa shape index (κ2) is 7.07. The van der Waals surface area contributed by atoms with Crippen LogP contribution in [0.25, 0.3) is 0 Å². The minimum absolute atomic E-state index is 0.749. The first-order chi connectivity index (χ1) is 7.43. The van der Waals surface area contributed by atoms with E-state index in [0.29, 0.717) is 0 Å². The van der Waals surface area contributed by atoms with Gasteiger partial charge in [0.2, 0.25) is 5.78 Å². The summed E-state index contributed by atoms with van der Waals surface area (Å²) in [4.78, 5) is 21.7. The molecule has 0 unspecified atom stereocenters. The Hall–Kier alpha value is -1.28. The van der Waals surface area contributed by atoms with Crippen molar-refractivity contribution in [3.8, 4) is 0 Å². The van der Waals surface area contributed by atoms with E-state index in [1.165, 1.54) is 0 Å². The van der Waals surface area contributed by atoms with Gasteiger partial charge < -0.3 is 25.2 Å². The van der Waals surface area contributed by atoms with Crippen LogP contribution in [0.3, 0.4) is 0 Å². The number of carbonyl (C=O) groups is 2. The summed E-state index contributed by atoms with van der Waals surface area (Å²) in [5, 5.41) is 35.7. The Balaban J connectivity index is 4.17. The number of aliphatic hydroxyl groups excluding tert-OH is 4. The molecule has 0 amide bonds. The van der Waals surface area contributed by atoms with E-state index in [1.807, 2.05) is 0 Å². The lowest BCUT2D eigenvalue weighted by Crippen LogP contribution is -2.45. The third-order valence-electron chi connectivity index (χ3n) is 1.76. The van der Waals surface area contributed by atoms with Gasteiger partial charge in [0.05, 0.1) is 6.61 Å². The molecule has 0 spiro atoms. The molecule has 0 aliphatic rings. The van der Waals surface area contributed by atoms with E-state index in [0.717, 1.165) is 6.08 Å². The highest BCUT2D eigenvalue weighted by Crippen LogP contribution is 2.01. The SMILES string of the molecule is C=CC(=O)OCC(=O)[C@@H](O)[C@H](O)[C@@H](O)CO. The van der Waals surface area contributed by atoms with Crippen molar-refractivity contribution in [2.75, 3.05) is 13.2 Å².